The first kappa shape index (κ1) is 37.3. The Kier molecular flexibility index (Phi) is 12.1. The number of nitrogens with zero attached hydrogens (tertiary/aromatic N) is 4. The van der Waals surface area contributed by atoms with Crippen molar-refractivity contribution in [3.8, 4) is 17.0 Å². The summed E-state index contributed by atoms with van der Waals surface area (Å²) < 4.78 is 34.9. The third-order valence-electron chi connectivity index (χ3n) is 9.89. The van der Waals surface area contributed by atoms with E-state index in [0.29, 0.717) is 42.7 Å². The van der Waals surface area contributed by atoms with Crippen LogP contribution in [0.1, 0.15) is 54.4 Å². The number of amides is 2. The lowest BCUT2D eigenvalue weighted by atomic mass is 9.80. The van der Waals surface area contributed by atoms with Gasteiger partial charge >= 0.3 is 0 Å². The molecule has 3 aromatic carbocycles. The number of anilines is 2. The summed E-state index contributed by atoms with van der Waals surface area (Å²) in [4.78, 5) is 39.4. The van der Waals surface area contributed by atoms with Crippen molar-refractivity contribution in [2.45, 2.75) is 50.5 Å². The third-order valence-corrected chi connectivity index (χ3v) is 12.0. The van der Waals surface area contributed by atoms with Crippen LogP contribution in [0.25, 0.3) is 11.3 Å². The average Bonchev–Trinajstić information content (AvgIpc) is 3.66. The zero-order chi connectivity index (χ0) is 36.6. The first-order valence-electron chi connectivity index (χ1n) is 17.9. The zero-order valence-corrected chi connectivity index (χ0v) is 31.6. The van der Waals surface area contributed by atoms with Gasteiger partial charge in [0.15, 0.2) is 5.13 Å². The molecule has 276 valence electrons. The lowest BCUT2D eigenvalue weighted by molar-refractivity contribution is -0.138. The minimum Gasteiger partial charge on any atom is -0.497 e. The number of aryl methyl sites for hydroxylation is 1. The number of nitrogens with one attached hydrogen (secondary N) is 2. The summed E-state index contributed by atoms with van der Waals surface area (Å²) in [6, 6.07) is 23.8. The van der Waals surface area contributed by atoms with Crippen molar-refractivity contribution < 1.29 is 22.7 Å². The standard InChI is InChI=1S/C39H48N6O5S2/c1-43-24-26-44(27-25-43)38-40-35(28-51-38)31-13-15-32(16-14-31)36(46)41-39(21-7-4-8-22-39)37(47)45(23-9-12-30-10-5-3-6-11-30)29-52(48,49)42-33-17-19-34(50-2)20-18-33/h3,5-6,10-11,13-20,28,42H,4,7-9,12,21-27,29H2,1-2H3,(H,41,46). The molecule has 52 heavy (non-hydrogen) atoms. The maximum atomic E-state index is 14.6. The van der Waals surface area contributed by atoms with Gasteiger partial charge in [0.2, 0.25) is 5.91 Å². The molecule has 1 saturated carbocycles. The minimum absolute atomic E-state index is 0.216. The van der Waals surface area contributed by atoms with Gasteiger partial charge in [-0.3, -0.25) is 14.3 Å². The summed E-state index contributed by atoms with van der Waals surface area (Å²) >= 11 is 1.62. The van der Waals surface area contributed by atoms with E-state index in [1.54, 1.807) is 54.8 Å². The van der Waals surface area contributed by atoms with Gasteiger partial charge in [0.05, 0.1) is 12.8 Å². The molecule has 0 radical (unpaired) electrons. The zero-order valence-electron chi connectivity index (χ0n) is 29.9. The summed E-state index contributed by atoms with van der Waals surface area (Å²) in [5.41, 5.74) is 2.46. The topological polar surface area (TPSA) is 124 Å². The van der Waals surface area contributed by atoms with E-state index in [1.165, 1.54) is 4.90 Å². The molecule has 1 aliphatic carbocycles. The largest absolute Gasteiger partial charge is 0.497 e. The number of hydrogen-bond acceptors (Lipinski definition) is 9. The molecule has 2 fully saturated rings. The van der Waals surface area contributed by atoms with E-state index in [-0.39, 0.29) is 18.4 Å². The lowest BCUT2D eigenvalue weighted by Crippen LogP contribution is -2.61. The van der Waals surface area contributed by atoms with Crippen LogP contribution in [0.3, 0.4) is 0 Å². The number of thiazole rings is 1. The van der Waals surface area contributed by atoms with Crippen molar-refractivity contribution in [1.29, 1.82) is 0 Å². The summed E-state index contributed by atoms with van der Waals surface area (Å²) in [5, 5.41) is 6.15. The number of ether oxygens (including phenoxy) is 1. The molecule has 4 aromatic rings. The van der Waals surface area contributed by atoms with Crippen molar-refractivity contribution in [3.05, 3.63) is 95.4 Å². The van der Waals surface area contributed by atoms with E-state index in [2.05, 4.69) is 26.9 Å². The van der Waals surface area contributed by atoms with Crippen LogP contribution in [0.4, 0.5) is 10.8 Å². The van der Waals surface area contributed by atoms with Gasteiger partial charge in [-0.05, 0) is 74.7 Å². The Labute approximate surface area is 311 Å². The number of sulfonamides is 1. The number of hydrogen-bond donors (Lipinski definition) is 2. The molecule has 2 amide bonds. The van der Waals surface area contributed by atoms with Crippen LogP contribution in [-0.2, 0) is 21.2 Å². The van der Waals surface area contributed by atoms with Gasteiger partial charge < -0.3 is 24.8 Å². The van der Waals surface area contributed by atoms with Crippen LogP contribution in [0.2, 0.25) is 0 Å². The molecule has 6 rings (SSSR count). The van der Waals surface area contributed by atoms with Crippen LogP contribution in [0.5, 0.6) is 5.75 Å². The van der Waals surface area contributed by atoms with Gasteiger partial charge in [-0.25, -0.2) is 13.4 Å². The Morgan fingerprint density at radius 3 is 2.29 bits per heavy atom. The maximum Gasteiger partial charge on any atom is 0.252 e. The highest BCUT2D eigenvalue weighted by atomic mass is 32.2. The number of benzene rings is 3. The predicted molar refractivity (Wildman–Crippen MR) is 207 cm³/mol. The van der Waals surface area contributed by atoms with Gasteiger partial charge in [-0.1, -0.05) is 61.7 Å². The number of methoxy groups -OCH3 is 1. The average molecular weight is 745 g/mol. The highest BCUT2D eigenvalue weighted by Crippen LogP contribution is 2.32. The van der Waals surface area contributed by atoms with E-state index in [9.17, 15) is 18.0 Å². The Balaban J connectivity index is 1.18. The Morgan fingerprint density at radius 1 is 0.923 bits per heavy atom. The van der Waals surface area contributed by atoms with Gasteiger partial charge in [-0.2, -0.15) is 0 Å². The van der Waals surface area contributed by atoms with Gasteiger partial charge in [0.25, 0.3) is 15.9 Å². The SMILES string of the molecule is COc1ccc(NS(=O)(=O)CN(CCCc2ccccc2)C(=O)C2(NC(=O)c3ccc(-c4csc(N5CCN(C)CC5)n4)cc3)CCCCC2)cc1. The molecule has 1 saturated heterocycles. The highest BCUT2D eigenvalue weighted by molar-refractivity contribution is 7.92. The normalized spacial score (nSPS) is 16.2. The van der Waals surface area contributed by atoms with Gasteiger partial charge in [-0.15, -0.1) is 11.3 Å². The van der Waals surface area contributed by atoms with E-state index < -0.39 is 21.4 Å². The number of carbonyl (C=O) groups excluding carboxylic acids is 2. The molecular formula is C39H48N6O5S2. The van der Waals surface area contributed by atoms with Gasteiger partial charge in [0, 0.05) is 54.9 Å². The van der Waals surface area contributed by atoms with Crippen molar-refractivity contribution in [3.63, 3.8) is 0 Å². The molecule has 2 aliphatic rings. The van der Waals surface area contributed by atoms with Crippen LogP contribution in [0, 0.1) is 0 Å². The Hall–Kier alpha value is -4.46. The number of rotatable bonds is 14. The fourth-order valence-corrected chi connectivity index (χ4v) is 9.00. The van der Waals surface area contributed by atoms with Gasteiger partial charge in [0.1, 0.15) is 17.2 Å². The fourth-order valence-electron chi connectivity index (χ4n) is 6.89. The molecule has 1 aromatic heterocycles. The number of piperazine rings is 1. The fraction of sp³-hybridized carbons (Fsp3) is 0.410. The van der Waals surface area contributed by atoms with Crippen molar-refractivity contribution in [2.75, 3.05) is 62.4 Å². The highest BCUT2D eigenvalue weighted by Gasteiger charge is 2.44. The second kappa shape index (κ2) is 16.9. The molecule has 11 nitrogen and oxygen atoms in total. The minimum atomic E-state index is -3.99. The molecule has 0 unspecified atom stereocenters. The monoisotopic (exact) mass is 744 g/mol. The molecule has 2 N–H and O–H groups in total. The summed E-state index contributed by atoms with van der Waals surface area (Å²) in [5.74, 6) is -0.669. The number of aromatic nitrogens is 1. The molecule has 1 aliphatic heterocycles. The molecule has 0 bridgehead atoms. The van der Waals surface area contributed by atoms with Crippen LogP contribution >= 0.6 is 11.3 Å². The number of likely N-dealkylation sites (N-methyl/N-ethyl adjacent to an activating group) is 1. The smallest absolute Gasteiger partial charge is 0.252 e. The predicted octanol–water partition coefficient (Wildman–Crippen LogP) is 5.86. The summed E-state index contributed by atoms with van der Waals surface area (Å²) in [6.07, 6.45) is 4.55. The van der Waals surface area contributed by atoms with Crippen LogP contribution in [-0.4, -0.2) is 93.3 Å². The first-order chi connectivity index (χ1) is 25.1. The van der Waals surface area contributed by atoms with Crippen molar-refractivity contribution in [2.24, 2.45) is 0 Å². The van der Waals surface area contributed by atoms with E-state index in [0.717, 1.165) is 67.4 Å². The second-order valence-electron chi connectivity index (χ2n) is 13.7. The Morgan fingerprint density at radius 2 is 1.62 bits per heavy atom. The molecule has 2 heterocycles. The quantitative estimate of drug-likeness (QED) is 0.165. The van der Waals surface area contributed by atoms with Crippen LogP contribution in [0.15, 0.2) is 84.2 Å². The number of carbonyl (C=O) groups is 2. The lowest BCUT2D eigenvalue weighted by Gasteiger charge is -2.40. The third kappa shape index (κ3) is 9.50. The molecule has 13 heteroatoms. The van der Waals surface area contributed by atoms with E-state index in [4.69, 9.17) is 9.72 Å². The van der Waals surface area contributed by atoms with Crippen molar-refractivity contribution >= 4 is 44.0 Å². The maximum absolute atomic E-state index is 14.6. The van der Waals surface area contributed by atoms with E-state index in [1.807, 2.05) is 47.8 Å². The van der Waals surface area contributed by atoms with E-state index >= 15 is 0 Å². The summed E-state index contributed by atoms with van der Waals surface area (Å²) in [7, 11) is -0.316. The second-order valence-corrected chi connectivity index (χ2v) is 16.2. The van der Waals surface area contributed by atoms with Crippen molar-refractivity contribution in [1.82, 2.24) is 20.1 Å². The molecule has 0 spiro atoms. The summed E-state index contributed by atoms with van der Waals surface area (Å²) in [6.45, 7) is 4.11. The van der Waals surface area contributed by atoms with Crippen LogP contribution < -0.4 is 19.7 Å². The molecular weight excluding hydrogens is 697 g/mol. The molecule has 0 atom stereocenters. The Bertz CT molecular complexity index is 1890. The first-order valence-corrected chi connectivity index (χ1v) is 20.5.